The number of anilines is 1. The molecule has 0 fully saturated rings. The van der Waals surface area contributed by atoms with Crippen molar-refractivity contribution in [2.45, 2.75) is 13.0 Å². The molecule has 146 valence electrons. The third-order valence-corrected chi connectivity index (χ3v) is 6.28. The Hall–Kier alpha value is -2.77. The third kappa shape index (κ3) is 4.46. The van der Waals surface area contributed by atoms with E-state index in [0.717, 1.165) is 20.6 Å². The van der Waals surface area contributed by atoms with Crippen LogP contribution in [0.1, 0.15) is 16.9 Å². The maximum Gasteiger partial charge on any atom is 0.240 e. The van der Waals surface area contributed by atoms with Gasteiger partial charge in [-0.15, -0.1) is 11.3 Å². The summed E-state index contributed by atoms with van der Waals surface area (Å²) in [7, 11) is 0. The highest BCUT2D eigenvalue weighted by molar-refractivity contribution is 9.10. The van der Waals surface area contributed by atoms with Gasteiger partial charge in [0, 0.05) is 15.9 Å². The molecule has 0 saturated carbocycles. The monoisotopic (exact) mass is 467 g/mol. The van der Waals surface area contributed by atoms with E-state index in [0.29, 0.717) is 17.9 Å². The summed E-state index contributed by atoms with van der Waals surface area (Å²) in [6.07, 6.45) is 0.159. The summed E-state index contributed by atoms with van der Waals surface area (Å²) in [5.41, 5.74) is 3.06. The molecular formula is C22H18BrN3O2S. The van der Waals surface area contributed by atoms with Gasteiger partial charge in [0.1, 0.15) is 6.54 Å². The molecule has 1 N–H and O–H groups in total. The Kier molecular flexibility index (Phi) is 5.87. The fourth-order valence-corrected chi connectivity index (χ4v) is 4.28. The molecule has 0 saturated heterocycles. The summed E-state index contributed by atoms with van der Waals surface area (Å²) in [6, 6.07) is 19.0. The average molecular weight is 468 g/mol. The van der Waals surface area contributed by atoms with Crippen molar-refractivity contribution in [3.8, 4) is 0 Å². The molecule has 0 aliphatic carbocycles. The molecule has 0 atom stereocenters. The first kappa shape index (κ1) is 19.5. The molecule has 29 heavy (non-hydrogen) atoms. The number of nitrogens with one attached hydrogen (secondary N) is 1. The van der Waals surface area contributed by atoms with E-state index in [1.165, 1.54) is 4.90 Å². The highest BCUT2D eigenvalue weighted by atomic mass is 79.9. The molecule has 1 aliphatic rings. The van der Waals surface area contributed by atoms with Crippen LogP contribution in [0.2, 0.25) is 0 Å². The number of aliphatic imine (C=N–C) groups is 1. The molecule has 4 rings (SSSR count). The number of thiophene rings is 1. The summed E-state index contributed by atoms with van der Waals surface area (Å²) in [5, 5.41) is 4.86. The second-order valence-electron chi connectivity index (χ2n) is 6.55. The van der Waals surface area contributed by atoms with Gasteiger partial charge in [-0.1, -0.05) is 52.3 Å². The Morgan fingerprint density at radius 3 is 2.69 bits per heavy atom. The van der Waals surface area contributed by atoms with E-state index < -0.39 is 0 Å². The number of carbonyl (C=O) groups is 2. The van der Waals surface area contributed by atoms with Gasteiger partial charge in [0.15, 0.2) is 0 Å². The molecule has 1 aromatic heterocycles. The van der Waals surface area contributed by atoms with Crippen molar-refractivity contribution in [2.75, 3.05) is 11.4 Å². The zero-order valence-electron chi connectivity index (χ0n) is 15.5. The van der Waals surface area contributed by atoms with E-state index >= 15 is 0 Å². The highest BCUT2D eigenvalue weighted by Crippen LogP contribution is 2.33. The number of benzene rings is 2. The van der Waals surface area contributed by atoms with E-state index in [2.05, 4.69) is 21.2 Å². The topological polar surface area (TPSA) is 61.8 Å². The molecule has 7 heteroatoms. The van der Waals surface area contributed by atoms with E-state index in [-0.39, 0.29) is 24.8 Å². The molecule has 2 amide bonds. The molecule has 0 bridgehead atoms. The van der Waals surface area contributed by atoms with Crippen LogP contribution < -0.4 is 10.2 Å². The zero-order chi connectivity index (χ0) is 20.2. The lowest BCUT2D eigenvalue weighted by atomic mass is 10.2. The summed E-state index contributed by atoms with van der Waals surface area (Å²) in [4.78, 5) is 32.8. The maximum atomic E-state index is 13.0. The largest absolute Gasteiger partial charge is 0.350 e. The molecule has 2 aromatic carbocycles. The molecule has 0 unspecified atom stereocenters. The number of rotatable bonds is 5. The minimum absolute atomic E-state index is 0.0481. The van der Waals surface area contributed by atoms with Crippen LogP contribution in [-0.4, -0.2) is 24.1 Å². The number of hydrogen-bond donors (Lipinski definition) is 1. The van der Waals surface area contributed by atoms with E-state index in [4.69, 9.17) is 4.99 Å². The van der Waals surface area contributed by atoms with Crippen molar-refractivity contribution in [3.63, 3.8) is 0 Å². The summed E-state index contributed by atoms with van der Waals surface area (Å²) < 4.78 is 0.936. The lowest BCUT2D eigenvalue weighted by Crippen LogP contribution is -2.41. The van der Waals surface area contributed by atoms with Crippen molar-refractivity contribution in [1.82, 2.24) is 5.32 Å². The molecule has 0 spiro atoms. The van der Waals surface area contributed by atoms with Crippen molar-refractivity contribution >= 4 is 56.2 Å². The lowest BCUT2D eigenvalue weighted by Gasteiger charge is -2.22. The van der Waals surface area contributed by atoms with Crippen LogP contribution in [-0.2, 0) is 16.1 Å². The molecule has 1 aliphatic heterocycles. The van der Waals surface area contributed by atoms with E-state index in [9.17, 15) is 9.59 Å². The van der Waals surface area contributed by atoms with Gasteiger partial charge in [-0.05, 0) is 35.2 Å². The normalized spacial score (nSPS) is 13.5. The van der Waals surface area contributed by atoms with Crippen LogP contribution in [0.4, 0.5) is 11.4 Å². The predicted octanol–water partition coefficient (Wildman–Crippen LogP) is 4.68. The van der Waals surface area contributed by atoms with Crippen LogP contribution in [0, 0.1) is 0 Å². The molecular weight excluding hydrogens is 450 g/mol. The summed E-state index contributed by atoms with van der Waals surface area (Å²) >= 11 is 5.03. The zero-order valence-corrected chi connectivity index (χ0v) is 17.9. The van der Waals surface area contributed by atoms with Crippen molar-refractivity contribution in [1.29, 1.82) is 0 Å². The van der Waals surface area contributed by atoms with Gasteiger partial charge in [-0.3, -0.25) is 9.59 Å². The van der Waals surface area contributed by atoms with Gasteiger partial charge in [-0.2, -0.15) is 0 Å². The first-order valence-electron chi connectivity index (χ1n) is 9.13. The van der Waals surface area contributed by atoms with Crippen molar-refractivity contribution in [3.05, 3.63) is 81.0 Å². The van der Waals surface area contributed by atoms with Crippen molar-refractivity contribution in [2.24, 2.45) is 4.99 Å². The number of halogens is 1. The first-order chi connectivity index (χ1) is 14.1. The van der Waals surface area contributed by atoms with Gasteiger partial charge >= 0.3 is 0 Å². The van der Waals surface area contributed by atoms with E-state index in [1.807, 2.05) is 66.0 Å². The number of para-hydroxylation sites is 2. The maximum absolute atomic E-state index is 13.0. The van der Waals surface area contributed by atoms with Crippen LogP contribution >= 0.6 is 27.3 Å². The Balaban J connectivity index is 1.53. The Morgan fingerprint density at radius 2 is 1.90 bits per heavy atom. The van der Waals surface area contributed by atoms with E-state index in [1.54, 1.807) is 11.3 Å². The summed E-state index contributed by atoms with van der Waals surface area (Å²) in [5.74, 6) is -0.360. The standard InChI is InChI=1S/C22H18BrN3O2S/c23-16-7-2-1-6-15(16)13-24-21(27)14-26-19-9-4-3-8-17(19)25-18(12-22(26)28)20-10-5-11-29-20/h1-11H,12-14H2,(H,24,27). The second-order valence-corrected chi connectivity index (χ2v) is 8.35. The van der Waals surface area contributed by atoms with Crippen molar-refractivity contribution < 1.29 is 9.59 Å². The summed E-state index contributed by atoms with van der Waals surface area (Å²) in [6.45, 7) is 0.342. The lowest BCUT2D eigenvalue weighted by molar-refractivity contribution is -0.123. The predicted molar refractivity (Wildman–Crippen MR) is 120 cm³/mol. The Morgan fingerprint density at radius 1 is 1.10 bits per heavy atom. The van der Waals surface area contributed by atoms with Gasteiger partial charge in [-0.25, -0.2) is 4.99 Å². The highest BCUT2D eigenvalue weighted by Gasteiger charge is 2.26. The van der Waals surface area contributed by atoms with Gasteiger partial charge in [0.25, 0.3) is 0 Å². The SMILES string of the molecule is O=C(CN1C(=O)CC(c2cccs2)=Nc2ccccc21)NCc1ccccc1Br. The van der Waals surface area contributed by atoms with Gasteiger partial charge < -0.3 is 10.2 Å². The minimum Gasteiger partial charge on any atom is -0.350 e. The van der Waals surface area contributed by atoms with Crippen LogP contribution in [0.25, 0.3) is 0 Å². The smallest absolute Gasteiger partial charge is 0.240 e. The molecule has 0 radical (unpaired) electrons. The quantitative estimate of drug-likeness (QED) is 0.591. The number of hydrogen-bond acceptors (Lipinski definition) is 4. The minimum atomic E-state index is -0.219. The fraction of sp³-hybridized carbons (Fsp3) is 0.136. The third-order valence-electron chi connectivity index (χ3n) is 4.59. The van der Waals surface area contributed by atoms with Gasteiger partial charge in [0.05, 0.1) is 23.5 Å². The van der Waals surface area contributed by atoms with Gasteiger partial charge in [0.2, 0.25) is 11.8 Å². The second kappa shape index (κ2) is 8.71. The molecule has 3 aromatic rings. The first-order valence-corrected chi connectivity index (χ1v) is 10.8. The molecule has 2 heterocycles. The average Bonchev–Trinajstić information content (AvgIpc) is 3.22. The number of nitrogens with zero attached hydrogens (tertiary/aromatic N) is 2. The molecule has 5 nitrogen and oxygen atoms in total. The van der Waals surface area contributed by atoms with Crippen LogP contribution in [0.5, 0.6) is 0 Å². The number of fused-ring (bicyclic) bond motifs is 1. The van der Waals surface area contributed by atoms with Crippen LogP contribution in [0.15, 0.2) is 75.5 Å². The van der Waals surface area contributed by atoms with Crippen LogP contribution in [0.3, 0.4) is 0 Å². The number of carbonyl (C=O) groups excluding carboxylic acids is 2. The Labute approximate surface area is 181 Å². The Bertz CT molecular complexity index is 1080. The fourth-order valence-electron chi connectivity index (χ4n) is 3.14. The number of amides is 2.